The van der Waals surface area contributed by atoms with Gasteiger partial charge in [0.2, 0.25) is 0 Å². The minimum absolute atomic E-state index is 0.0978. The van der Waals surface area contributed by atoms with Crippen molar-refractivity contribution < 1.29 is 9.53 Å². The Morgan fingerprint density at radius 1 is 1.24 bits per heavy atom. The van der Waals surface area contributed by atoms with Gasteiger partial charge in [0.1, 0.15) is 5.75 Å². The second-order valence-electron chi connectivity index (χ2n) is 5.41. The summed E-state index contributed by atoms with van der Waals surface area (Å²) in [5.41, 5.74) is 1.71. The van der Waals surface area contributed by atoms with Crippen molar-refractivity contribution in [1.29, 1.82) is 0 Å². The van der Waals surface area contributed by atoms with Crippen LogP contribution >= 0.6 is 39.9 Å². The van der Waals surface area contributed by atoms with Crippen molar-refractivity contribution in [3.8, 4) is 5.75 Å². The van der Waals surface area contributed by atoms with Crippen LogP contribution < -0.4 is 9.64 Å². The van der Waals surface area contributed by atoms with Crippen LogP contribution in [0, 0.1) is 0 Å². The molecule has 2 aromatic rings. The number of halogens is 1. The second kappa shape index (κ2) is 8.17. The van der Waals surface area contributed by atoms with Gasteiger partial charge in [0.05, 0.1) is 17.2 Å². The van der Waals surface area contributed by atoms with Crippen molar-refractivity contribution in [2.75, 3.05) is 11.5 Å². The van der Waals surface area contributed by atoms with Gasteiger partial charge in [-0.3, -0.25) is 9.69 Å². The molecule has 1 amide bonds. The SMILES string of the molecule is CCCOc1ccc(/C=C2\SC(=S)N(c3cccc(Br)c3)C2=O)cc1. The Morgan fingerprint density at radius 2 is 2.00 bits per heavy atom. The molecule has 1 saturated heterocycles. The summed E-state index contributed by atoms with van der Waals surface area (Å²) < 4.78 is 7.03. The Balaban J connectivity index is 1.80. The van der Waals surface area contributed by atoms with Crippen molar-refractivity contribution in [3.63, 3.8) is 0 Å². The molecule has 0 saturated carbocycles. The van der Waals surface area contributed by atoms with E-state index >= 15 is 0 Å². The summed E-state index contributed by atoms with van der Waals surface area (Å²) in [6.07, 6.45) is 2.83. The molecule has 0 radical (unpaired) electrons. The Bertz CT molecular complexity index is 834. The summed E-state index contributed by atoms with van der Waals surface area (Å²) >= 11 is 10.1. The number of carbonyl (C=O) groups is 1. The minimum Gasteiger partial charge on any atom is -0.494 e. The van der Waals surface area contributed by atoms with Gasteiger partial charge in [0.25, 0.3) is 5.91 Å². The average Bonchev–Trinajstić information content (AvgIpc) is 2.88. The average molecular weight is 434 g/mol. The zero-order valence-corrected chi connectivity index (χ0v) is 16.8. The smallest absolute Gasteiger partial charge is 0.270 e. The van der Waals surface area contributed by atoms with Crippen LogP contribution in [0.4, 0.5) is 5.69 Å². The Morgan fingerprint density at radius 3 is 2.68 bits per heavy atom. The lowest BCUT2D eigenvalue weighted by molar-refractivity contribution is -0.113. The molecule has 0 aliphatic carbocycles. The number of carbonyl (C=O) groups excluding carboxylic acids is 1. The zero-order chi connectivity index (χ0) is 17.8. The van der Waals surface area contributed by atoms with E-state index in [1.165, 1.54) is 11.8 Å². The molecule has 0 N–H and O–H groups in total. The molecule has 1 fully saturated rings. The molecule has 1 heterocycles. The topological polar surface area (TPSA) is 29.5 Å². The highest BCUT2D eigenvalue weighted by Crippen LogP contribution is 2.36. The predicted octanol–water partition coefficient (Wildman–Crippen LogP) is 5.64. The van der Waals surface area contributed by atoms with E-state index in [0.717, 1.165) is 27.9 Å². The molecular weight excluding hydrogens is 418 g/mol. The molecule has 128 valence electrons. The molecule has 2 aromatic carbocycles. The first-order chi connectivity index (χ1) is 12.1. The van der Waals surface area contributed by atoms with Gasteiger partial charge in [-0.05, 0) is 48.4 Å². The van der Waals surface area contributed by atoms with Crippen molar-refractivity contribution in [1.82, 2.24) is 0 Å². The molecule has 0 atom stereocenters. The standard InChI is InChI=1S/C19H16BrNO2S2/c1-2-10-23-16-8-6-13(7-9-16)11-17-18(22)21(19(24)25-17)15-5-3-4-14(20)12-15/h3-9,11-12H,2,10H2,1H3/b17-11-. The lowest BCUT2D eigenvalue weighted by Gasteiger charge is -2.14. The highest BCUT2D eigenvalue weighted by Gasteiger charge is 2.33. The molecule has 0 unspecified atom stereocenters. The van der Waals surface area contributed by atoms with Crippen LogP contribution in [0.3, 0.4) is 0 Å². The van der Waals surface area contributed by atoms with Gasteiger partial charge in [0.15, 0.2) is 4.32 Å². The monoisotopic (exact) mass is 433 g/mol. The van der Waals surface area contributed by atoms with Gasteiger partial charge >= 0.3 is 0 Å². The fraction of sp³-hybridized carbons (Fsp3) is 0.158. The van der Waals surface area contributed by atoms with Crippen LogP contribution in [-0.4, -0.2) is 16.8 Å². The van der Waals surface area contributed by atoms with E-state index in [1.54, 1.807) is 4.90 Å². The van der Waals surface area contributed by atoms with E-state index in [-0.39, 0.29) is 5.91 Å². The first kappa shape index (κ1) is 18.2. The second-order valence-corrected chi connectivity index (χ2v) is 8.01. The molecule has 0 bridgehead atoms. The molecular formula is C19H16BrNO2S2. The zero-order valence-electron chi connectivity index (χ0n) is 13.6. The van der Waals surface area contributed by atoms with E-state index in [9.17, 15) is 4.79 Å². The lowest BCUT2D eigenvalue weighted by Crippen LogP contribution is -2.27. The fourth-order valence-electron chi connectivity index (χ4n) is 2.34. The van der Waals surface area contributed by atoms with Crippen LogP contribution in [-0.2, 0) is 4.79 Å². The van der Waals surface area contributed by atoms with Gasteiger partial charge in [-0.15, -0.1) is 0 Å². The molecule has 1 aliphatic heterocycles. The number of benzene rings is 2. The van der Waals surface area contributed by atoms with Crippen LogP contribution in [0.5, 0.6) is 5.75 Å². The molecule has 3 rings (SSSR count). The van der Waals surface area contributed by atoms with Crippen molar-refractivity contribution in [2.45, 2.75) is 13.3 Å². The summed E-state index contributed by atoms with van der Waals surface area (Å²) in [5, 5.41) is 0. The number of hydrogen-bond donors (Lipinski definition) is 0. The van der Waals surface area contributed by atoms with Crippen LogP contribution in [0.2, 0.25) is 0 Å². The largest absolute Gasteiger partial charge is 0.494 e. The number of nitrogens with zero attached hydrogens (tertiary/aromatic N) is 1. The van der Waals surface area contributed by atoms with Crippen molar-refractivity contribution >= 4 is 61.9 Å². The lowest BCUT2D eigenvalue weighted by atomic mass is 10.2. The maximum absolute atomic E-state index is 12.7. The number of ether oxygens (including phenoxy) is 1. The molecule has 6 heteroatoms. The van der Waals surface area contributed by atoms with Gasteiger partial charge in [-0.25, -0.2) is 0 Å². The predicted molar refractivity (Wildman–Crippen MR) is 112 cm³/mol. The van der Waals surface area contributed by atoms with E-state index in [0.29, 0.717) is 15.8 Å². The molecule has 3 nitrogen and oxygen atoms in total. The van der Waals surface area contributed by atoms with Gasteiger partial charge in [-0.1, -0.05) is 65.0 Å². The normalized spacial score (nSPS) is 15.9. The highest BCUT2D eigenvalue weighted by atomic mass is 79.9. The van der Waals surface area contributed by atoms with E-state index in [4.69, 9.17) is 17.0 Å². The number of rotatable bonds is 5. The van der Waals surface area contributed by atoms with Gasteiger partial charge in [0, 0.05) is 4.47 Å². The fourth-order valence-corrected chi connectivity index (χ4v) is 4.02. The first-order valence-electron chi connectivity index (χ1n) is 7.85. The maximum Gasteiger partial charge on any atom is 0.270 e. The Labute approximate surface area is 165 Å². The summed E-state index contributed by atoms with van der Waals surface area (Å²) in [5.74, 6) is 0.736. The van der Waals surface area contributed by atoms with Crippen LogP contribution in [0.25, 0.3) is 6.08 Å². The Kier molecular flexibility index (Phi) is 5.93. The number of thioether (sulfide) groups is 1. The minimum atomic E-state index is -0.0978. The molecule has 1 aliphatic rings. The molecule has 0 aromatic heterocycles. The number of amides is 1. The van der Waals surface area contributed by atoms with Crippen LogP contribution in [0.15, 0.2) is 57.9 Å². The Hall–Kier alpha value is -1.63. The number of hydrogen-bond acceptors (Lipinski definition) is 4. The maximum atomic E-state index is 12.7. The number of thiocarbonyl (C=S) groups is 1. The van der Waals surface area contributed by atoms with E-state index in [1.807, 2.05) is 54.6 Å². The number of anilines is 1. The summed E-state index contributed by atoms with van der Waals surface area (Å²) in [7, 11) is 0. The van der Waals surface area contributed by atoms with Crippen LogP contribution in [0.1, 0.15) is 18.9 Å². The van der Waals surface area contributed by atoms with E-state index < -0.39 is 0 Å². The van der Waals surface area contributed by atoms with Crippen molar-refractivity contribution in [2.24, 2.45) is 0 Å². The quantitative estimate of drug-likeness (QED) is 0.450. The van der Waals surface area contributed by atoms with Gasteiger partial charge in [-0.2, -0.15) is 0 Å². The molecule has 25 heavy (non-hydrogen) atoms. The molecule has 0 spiro atoms. The third kappa shape index (κ3) is 4.32. The summed E-state index contributed by atoms with van der Waals surface area (Å²) in [6.45, 7) is 2.77. The van der Waals surface area contributed by atoms with Gasteiger partial charge < -0.3 is 4.74 Å². The third-order valence-corrected chi connectivity index (χ3v) is 5.31. The summed E-state index contributed by atoms with van der Waals surface area (Å²) in [4.78, 5) is 14.9. The van der Waals surface area contributed by atoms with E-state index in [2.05, 4.69) is 22.9 Å². The third-order valence-electron chi connectivity index (χ3n) is 3.51. The first-order valence-corrected chi connectivity index (χ1v) is 9.86. The van der Waals surface area contributed by atoms with Crippen molar-refractivity contribution in [3.05, 3.63) is 63.5 Å². The highest BCUT2D eigenvalue weighted by molar-refractivity contribution is 9.10. The summed E-state index contributed by atoms with van der Waals surface area (Å²) in [6, 6.07) is 15.3.